The van der Waals surface area contributed by atoms with E-state index in [1.165, 1.54) is 0 Å². The third-order valence-electron chi connectivity index (χ3n) is 4.01. The number of hydrogen-bond acceptors (Lipinski definition) is 3. The number of benzene rings is 1. The van der Waals surface area contributed by atoms with Gasteiger partial charge in [-0.05, 0) is 31.2 Å². The lowest BCUT2D eigenvalue weighted by Gasteiger charge is -2.32. The van der Waals surface area contributed by atoms with Crippen LogP contribution < -0.4 is 5.32 Å². The number of hydrogen-bond donors (Lipinski definition) is 1. The van der Waals surface area contributed by atoms with Crippen LogP contribution in [0.15, 0.2) is 30.3 Å². The van der Waals surface area contributed by atoms with Crippen molar-refractivity contribution in [1.29, 1.82) is 0 Å². The zero-order chi connectivity index (χ0) is 15.9. The Morgan fingerprint density at radius 1 is 1.27 bits per heavy atom. The molecule has 5 heteroatoms. The molecule has 0 radical (unpaired) electrons. The summed E-state index contributed by atoms with van der Waals surface area (Å²) in [6.45, 7) is 5.64. The van der Waals surface area contributed by atoms with Gasteiger partial charge in [-0.25, -0.2) is 4.79 Å². The van der Waals surface area contributed by atoms with Gasteiger partial charge in [0.1, 0.15) is 12.6 Å². The Hall–Kier alpha value is -2.04. The number of rotatable bonds is 4. The first-order chi connectivity index (χ1) is 10.6. The Bertz CT molecular complexity index is 496. The van der Waals surface area contributed by atoms with E-state index in [0.29, 0.717) is 5.92 Å². The molecular formula is C17H24N2O3. The summed E-state index contributed by atoms with van der Waals surface area (Å²) in [5.74, 6) is 0.631. The minimum absolute atomic E-state index is 0.0384. The number of piperidine rings is 1. The highest BCUT2D eigenvalue weighted by atomic mass is 16.5. The van der Waals surface area contributed by atoms with Gasteiger partial charge in [0.15, 0.2) is 0 Å². The van der Waals surface area contributed by atoms with Gasteiger partial charge in [0.25, 0.3) is 0 Å². The molecule has 1 aliphatic heterocycles. The monoisotopic (exact) mass is 304 g/mol. The van der Waals surface area contributed by atoms with Crippen LogP contribution in [0.4, 0.5) is 4.79 Å². The summed E-state index contributed by atoms with van der Waals surface area (Å²) < 4.78 is 5.13. The zero-order valence-corrected chi connectivity index (χ0v) is 13.2. The summed E-state index contributed by atoms with van der Waals surface area (Å²) in [5, 5.41) is 2.61. The van der Waals surface area contributed by atoms with E-state index in [9.17, 15) is 9.59 Å². The predicted molar refractivity (Wildman–Crippen MR) is 84.2 cm³/mol. The van der Waals surface area contributed by atoms with Crippen LogP contribution in [0.1, 0.15) is 32.3 Å². The topological polar surface area (TPSA) is 58.6 Å². The molecule has 0 aliphatic carbocycles. The highest BCUT2D eigenvalue weighted by molar-refractivity contribution is 5.85. The fourth-order valence-electron chi connectivity index (χ4n) is 2.51. The van der Waals surface area contributed by atoms with Crippen molar-refractivity contribution in [2.75, 3.05) is 13.1 Å². The second-order valence-corrected chi connectivity index (χ2v) is 5.94. The Balaban J connectivity index is 1.74. The number of carbonyl (C=O) groups is 2. The van der Waals surface area contributed by atoms with Gasteiger partial charge in [-0.1, -0.05) is 37.3 Å². The number of carbonyl (C=O) groups excluding carboxylic acids is 2. The lowest BCUT2D eigenvalue weighted by Crippen LogP contribution is -2.49. The lowest BCUT2D eigenvalue weighted by atomic mass is 9.99. The number of alkyl carbamates (subject to hydrolysis) is 1. The maximum absolute atomic E-state index is 12.3. The largest absolute Gasteiger partial charge is 0.445 e. The summed E-state index contributed by atoms with van der Waals surface area (Å²) in [6, 6.07) is 8.90. The Morgan fingerprint density at radius 2 is 1.91 bits per heavy atom. The lowest BCUT2D eigenvalue weighted by molar-refractivity contribution is -0.134. The quantitative estimate of drug-likeness (QED) is 0.930. The highest BCUT2D eigenvalue weighted by Gasteiger charge is 2.25. The van der Waals surface area contributed by atoms with E-state index in [1.54, 1.807) is 6.92 Å². The molecule has 0 aromatic heterocycles. The first-order valence-electron chi connectivity index (χ1n) is 7.82. The van der Waals surface area contributed by atoms with Crippen LogP contribution in [0.2, 0.25) is 0 Å². The maximum atomic E-state index is 12.3. The maximum Gasteiger partial charge on any atom is 0.408 e. The summed E-state index contributed by atoms with van der Waals surface area (Å²) in [4.78, 5) is 25.9. The van der Waals surface area contributed by atoms with E-state index in [-0.39, 0.29) is 12.5 Å². The van der Waals surface area contributed by atoms with Crippen LogP contribution >= 0.6 is 0 Å². The Morgan fingerprint density at radius 3 is 2.55 bits per heavy atom. The fraction of sp³-hybridized carbons (Fsp3) is 0.529. The molecule has 5 nitrogen and oxygen atoms in total. The molecular weight excluding hydrogens is 280 g/mol. The van der Waals surface area contributed by atoms with Gasteiger partial charge in [-0.3, -0.25) is 4.79 Å². The van der Waals surface area contributed by atoms with Crippen LogP contribution in [0.3, 0.4) is 0 Å². The minimum Gasteiger partial charge on any atom is -0.445 e. The van der Waals surface area contributed by atoms with Crippen molar-refractivity contribution in [3.8, 4) is 0 Å². The molecule has 1 saturated heterocycles. The van der Waals surface area contributed by atoms with Gasteiger partial charge in [-0.15, -0.1) is 0 Å². The number of nitrogens with one attached hydrogen (secondary N) is 1. The molecule has 0 spiro atoms. The summed E-state index contributed by atoms with van der Waals surface area (Å²) >= 11 is 0. The second-order valence-electron chi connectivity index (χ2n) is 5.94. The molecule has 2 rings (SSSR count). The van der Waals surface area contributed by atoms with Crippen LogP contribution in [0.5, 0.6) is 0 Å². The Kier molecular flexibility index (Phi) is 5.81. The number of ether oxygens (including phenoxy) is 1. The van der Waals surface area contributed by atoms with Crippen molar-refractivity contribution >= 4 is 12.0 Å². The number of amides is 2. The second kappa shape index (κ2) is 7.82. The van der Waals surface area contributed by atoms with Crippen LogP contribution in [0, 0.1) is 5.92 Å². The van der Waals surface area contributed by atoms with Gasteiger partial charge in [0, 0.05) is 13.1 Å². The van der Waals surface area contributed by atoms with Crippen molar-refractivity contribution in [3.63, 3.8) is 0 Å². The molecule has 1 aliphatic rings. The zero-order valence-electron chi connectivity index (χ0n) is 13.2. The third-order valence-corrected chi connectivity index (χ3v) is 4.01. The molecule has 0 unspecified atom stereocenters. The van der Waals surface area contributed by atoms with Crippen molar-refractivity contribution < 1.29 is 14.3 Å². The average molecular weight is 304 g/mol. The van der Waals surface area contributed by atoms with E-state index in [4.69, 9.17) is 4.74 Å². The Labute approximate surface area is 131 Å². The molecule has 2 amide bonds. The molecule has 120 valence electrons. The summed E-state index contributed by atoms with van der Waals surface area (Å²) in [7, 11) is 0. The minimum atomic E-state index is -0.560. The van der Waals surface area contributed by atoms with Crippen LogP contribution in [0.25, 0.3) is 0 Å². The van der Waals surface area contributed by atoms with Crippen LogP contribution in [-0.2, 0) is 16.1 Å². The van der Waals surface area contributed by atoms with Crippen molar-refractivity contribution in [1.82, 2.24) is 10.2 Å². The van der Waals surface area contributed by atoms with E-state index in [2.05, 4.69) is 12.2 Å². The molecule has 1 aromatic rings. The normalized spacial score (nSPS) is 16.9. The van der Waals surface area contributed by atoms with Crippen LogP contribution in [-0.4, -0.2) is 36.0 Å². The summed E-state index contributed by atoms with van der Waals surface area (Å²) in [6.07, 6.45) is 1.49. The molecule has 1 N–H and O–H groups in total. The van der Waals surface area contributed by atoms with E-state index >= 15 is 0 Å². The van der Waals surface area contributed by atoms with Crippen molar-refractivity contribution in [2.24, 2.45) is 5.92 Å². The molecule has 0 bridgehead atoms. The van der Waals surface area contributed by atoms with Crippen molar-refractivity contribution in [2.45, 2.75) is 39.3 Å². The first kappa shape index (κ1) is 16.3. The van der Waals surface area contributed by atoms with E-state index < -0.39 is 12.1 Å². The van der Waals surface area contributed by atoms with Gasteiger partial charge in [-0.2, -0.15) is 0 Å². The van der Waals surface area contributed by atoms with Gasteiger partial charge < -0.3 is 15.0 Å². The molecule has 0 saturated carbocycles. The average Bonchev–Trinajstić information content (AvgIpc) is 2.54. The smallest absolute Gasteiger partial charge is 0.408 e. The predicted octanol–water partition coefficient (Wildman–Crippen LogP) is 2.56. The molecule has 1 heterocycles. The first-order valence-corrected chi connectivity index (χ1v) is 7.82. The molecule has 22 heavy (non-hydrogen) atoms. The van der Waals surface area contributed by atoms with Gasteiger partial charge >= 0.3 is 6.09 Å². The SMILES string of the molecule is CC1CCN(C(=O)[C@H](C)NC(=O)OCc2ccccc2)CC1. The fourth-order valence-corrected chi connectivity index (χ4v) is 2.51. The number of nitrogens with zero attached hydrogens (tertiary/aromatic N) is 1. The van der Waals surface area contributed by atoms with E-state index in [0.717, 1.165) is 31.5 Å². The van der Waals surface area contributed by atoms with Crippen molar-refractivity contribution in [3.05, 3.63) is 35.9 Å². The third kappa shape index (κ3) is 4.76. The molecule has 1 fully saturated rings. The molecule has 1 atom stereocenters. The summed E-state index contributed by atoms with van der Waals surface area (Å²) in [5.41, 5.74) is 0.918. The standard InChI is InChI=1S/C17H24N2O3/c1-13-8-10-19(11-9-13)16(20)14(2)18-17(21)22-12-15-6-4-3-5-7-15/h3-7,13-14H,8-12H2,1-2H3,(H,18,21)/t14-/m0/s1. The number of likely N-dealkylation sites (tertiary alicyclic amines) is 1. The highest BCUT2D eigenvalue weighted by Crippen LogP contribution is 2.16. The van der Waals surface area contributed by atoms with Gasteiger partial charge in [0.2, 0.25) is 5.91 Å². The van der Waals surface area contributed by atoms with Gasteiger partial charge in [0.05, 0.1) is 0 Å². The van der Waals surface area contributed by atoms with E-state index in [1.807, 2.05) is 35.2 Å². The molecule has 1 aromatic carbocycles.